The van der Waals surface area contributed by atoms with Gasteiger partial charge in [-0.3, -0.25) is 9.59 Å². The molecule has 0 aromatic rings. The molecule has 0 saturated carbocycles. The number of rotatable bonds is 15. The third kappa shape index (κ3) is 10.3. The number of ether oxygens (including phenoxy) is 7. The summed E-state index contributed by atoms with van der Waals surface area (Å²) >= 11 is 0. The Hall–Kier alpha value is -2.39. The number of carboxylic acids is 1. The highest BCUT2D eigenvalue weighted by Gasteiger charge is 2.58. The Morgan fingerprint density at radius 3 is 1.81 bits per heavy atom. The maximum Gasteiger partial charge on any atom is 0.364 e. The fraction of sp³-hybridized carbons (Fsp3) is 0.903. The van der Waals surface area contributed by atoms with E-state index in [0.29, 0.717) is 0 Å². The lowest BCUT2D eigenvalue weighted by atomic mass is 9.88. The second-order valence-corrected chi connectivity index (χ2v) is 14.1. The number of hydrogen-bond donors (Lipinski definition) is 16. The second kappa shape index (κ2) is 19.8. The fourth-order valence-corrected chi connectivity index (χ4v) is 6.95. The van der Waals surface area contributed by atoms with E-state index in [9.17, 15) is 85.9 Å². The SMILES string of the molecule is CC(=O)N[C@H]1[C@H](O[C@@H]2[C@H](O)[C@@H](O)[C@H](O[C@H]3[C@H](O)[C@@H](O)[C@H](O)O[C@@H]3CO)O[C@@H]2CO[C@]2(C(=O)O)C[C@H](O)[C@@H](NC(C)=O)[C@H]([C@H](O)[C@H](O)CO)O2)O[C@H](CO)[C@H](O)[C@@H]1O. The number of nitrogens with one attached hydrogen (secondary N) is 2. The lowest BCUT2D eigenvalue weighted by Gasteiger charge is -2.49. The topological polar surface area (TPSA) is 423 Å². The molecule has 0 unspecified atom stereocenters. The molecule has 4 saturated heterocycles. The molecule has 0 spiro atoms. The van der Waals surface area contributed by atoms with Crippen molar-refractivity contribution in [2.45, 2.75) is 149 Å². The Kier molecular flexibility index (Phi) is 16.4. The molecule has 21 atom stereocenters. The molecule has 2 amide bonds. The van der Waals surface area contributed by atoms with Gasteiger partial charge in [-0.25, -0.2) is 4.79 Å². The summed E-state index contributed by atoms with van der Waals surface area (Å²) in [5.74, 6) is -6.53. The van der Waals surface area contributed by atoms with Gasteiger partial charge in [0.05, 0.1) is 38.6 Å². The van der Waals surface area contributed by atoms with Gasteiger partial charge in [0.2, 0.25) is 11.8 Å². The van der Waals surface area contributed by atoms with E-state index in [4.69, 9.17) is 33.2 Å². The van der Waals surface area contributed by atoms with Crippen LogP contribution in [0.5, 0.6) is 0 Å². The average Bonchev–Trinajstić information content (AvgIpc) is 3.16. The van der Waals surface area contributed by atoms with Crippen LogP contribution in [0, 0.1) is 0 Å². The summed E-state index contributed by atoms with van der Waals surface area (Å²) in [6.07, 6.45) is -36.0. The number of amides is 2. The molecule has 4 rings (SSSR count). The van der Waals surface area contributed by atoms with Crippen LogP contribution in [-0.2, 0) is 47.5 Å². The summed E-state index contributed by atoms with van der Waals surface area (Å²) in [5, 5.41) is 151. The maximum atomic E-state index is 12.8. The standard InChI is InChI=1S/C31H52N2O24/c1-8(37)32-15-10(39)3-31(30(49)50,57-26(15)17(41)11(40)4-34)51-7-14-25(55-28-16(33-9(2)38)19(43)18(42)12(5-35)53-28)21(45)23(47)29(54-14)56-24-13(6-36)52-27(48)22(46)20(24)44/h10-29,34-36,39-48H,3-7H2,1-2H3,(H,32,37)(H,33,38)(H,49,50)/t10-,11+,12+,13+,14+,15+,16+,17+,18-,19+,20+,21+,22+,23+,24+,25-,26+,27+,28-,29-,31+/m0/s1. The van der Waals surface area contributed by atoms with Crippen molar-refractivity contribution in [2.24, 2.45) is 0 Å². The van der Waals surface area contributed by atoms with Gasteiger partial charge >= 0.3 is 5.97 Å². The average molecular weight is 837 g/mol. The van der Waals surface area contributed by atoms with Gasteiger partial charge in [-0.1, -0.05) is 0 Å². The van der Waals surface area contributed by atoms with Crippen molar-refractivity contribution < 1.29 is 119 Å². The molecule has 4 fully saturated rings. The highest BCUT2D eigenvalue weighted by molar-refractivity contribution is 5.76. The van der Waals surface area contributed by atoms with Crippen LogP contribution >= 0.6 is 0 Å². The molecule has 330 valence electrons. The van der Waals surface area contributed by atoms with Crippen LogP contribution in [0.25, 0.3) is 0 Å². The lowest BCUT2D eigenvalue weighted by Crippen LogP contribution is -2.69. The second-order valence-electron chi connectivity index (χ2n) is 14.1. The van der Waals surface area contributed by atoms with Crippen LogP contribution < -0.4 is 10.6 Å². The van der Waals surface area contributed by atoms with E-state index in [2.05, 4.69) is 10.6 Å². The molecular formula is C31H52N2O24. The normalized spacial score (nSPS) is 45.1. The molecular weight excluding hydrogens is 784 g/mol. The Balaban J connectivity index is 1.72. The summed E-state index contributed by atoms with van der Waals surface area (Å²) in [5.41, 5.74) is 0. The molecule has 4 aliphatic heterocycles. The third-order valence-electron chi connectivity index (χ3n) is 9.98. The molecule has 57 heavy (non-hydrogen) atoms. The summed E-state index contributed by atoms with van der Waals surface area (Å²) < 4.78 is 39.2. The molecule has 0 aliphatic carbocycles. The van der Waals surface area contributed by atoms with Gasteiger partial charge in [-0.15, -0.1) is 0 Å². The number of carbonyl (C=O) groups excluding carboxylic acids is 2. The van der Waals surface area contributed by atoms with Crippen molar-refractivity contribution in [2.75, 3.05) is 26.4 Å². The minimum atomic E-state index is -3.00. The van der Waals surface area contributed by atoms with Crippen LogP contribution in [0.2, 0.25) is 0 Å². The van der Waals surface area contributed by atoms with Gasteiger partial charge < -0.3 is 115 Å². The number of carbonyl (C=O) groups is 3. The molecule has 4 heterocycles. The van der Waals surface area contributed by atoms with E-state index in [0.717, 1.165) is 13.8 Å². The molecule has 26 nitrogen and oxygen atoms in total. The van der Waals surface area contributed by atoms with E-state index in [1.807, 2.05) is 0 Å². The minimum Gasteiger partial charge on any atom is -0.477 e. The van der Waals surface area contributed by atoms with Crippen LogP contribution in [0.1, 0.15) is 20.3 Å². The number of aliphatic carboxylic acids is 1. The quantitative estimate of drug-likeness (QED) is 0.0728. The summed E-state index contributed by atoms with van der Waals surface area (Å²) in [6.45, 7) is -2.00. The van der Waals surface area contributed by atoms with Crippen molar-refractivity contribution in [3.8, 4) is 0 Å². The molecule has 0 aromatic carbocycles. The summed E-state index contributed by atoms with van der Waals surface area (Å²) in [4.78, 5) is 36.8. The Bertz CT molecular complexity index is 1350. The predicted molar refractivity (Wildman–Crippen MR) is 174 cm³/mol. The van der Waals surface area contributed by atoms with E-state index in [1.54, 1.807) is 0 Å². The van der Waals surface area contributed by atoms with E-state index >= 15 is 0 Å². The number of aliphatic hydroxyl groups excluding tert-OH is 13. The van der Waals surface area contributed by atoms with Crippen molar-refractivity contribution in [1.29, 1.82) is 0 Å². The molecule has 26 heteroatoms. The molecule has 0 radical (unpaired) electrons. The van der Waals surface area contributed by atoms with E-state index < -0.39 is 179 Å². The van der Waals surface area contributed by atoms with Crippen molar-refractivity contribution in [3.05, 3.63) is 0 Å². The van der Waals surface area contributed by atoms with Crippen molar-refractivity contribution in [1.82, 2.24) is 10.6 Å². The van der Waals surface area contributed by atoms with E-state index in [1.165, 1.54) is 0 Å². The van der Waals surface area contributed by atoms with Gasteiger partial charge in [0.1, 0.15) is 91.5 Å². The van der Waals surface area contributed by atoms with Gasteiger partial charge in [0, 0.05) is 20.3 Å². The Morgan fingerprint density at radius 1 is 0.702 bits per heavy atom. The van der Waals surface area contributed by atoms with Gasteiger partial charge in [0.15, 0.2) is 18.9 Å². The van der Waals surface area contributed by atoms with Gasteiger partial charge in [-0.05, 0) is 0 Å². The number of aliphatic hydroxyl groups is 13. The van der Waals surface area contributed by atoms with Crippen LogP contribution in [0.15, 0.2) is 0 Å². The first-order valence-electron chi connectivity index (χ1n) is 17.7. The number of carboxylic acid groups (broad SMARTS) is 1. The molecule has 0 aromatic heterocycles. The number of hydrogen-bond acceptors (Lipinski definition) is 23. The predicted octanol–water partition coefficient (Wildman–Crippen LogP) is -10.3. The van der Waals surface area contributed by atoms with Crippen molar-refractivity contribution >= 4 is 17.8 Å². The van der Waals surface area contributed by atoms with Gasteiger partial charge in [0.25, 0.3) is 5.79 Å². The van der Waals surface area contributed by atoms with Crippen LogP contribution in [0.4, 0.5) is 0 Å². The largest absolute Gasteiger partial charge is 0.477 e. The summed E-state index contributed by atoms with van der Waals surface area (Å²) in [6, 6.07) is -3.22. The van der Waals surface area contributed by atoms with Crippen LogP contribution in [-0.4, -0.2) is 244 Å². The van der Waals surface area contributed by atoms with E-state index in [-0.39, 0.29) is 0 Å². The molecule has 16 N–H and O–H groups in total. The van der Waals surface area contributed by atoms with Gasteiger partial charge in [-0.2, -0.15) is 0 Å². The first kappa shape index (κ1) is 47.3. The first-order valence-corrected chi connectivity index (χ1v) is 17.7. The monoisotopic (exact) mass is 836 g/mol. The Labute approximate surface area is 322 Å². The zero-order valence-corrected chi connectivity index (χ0v) is 30.4. The zero-order valence-electron chi connectivity index (χ0n) is 30.4. The third-order valence-corrected chi connectivity index (χ3v) is 9.98. The van der Waals surface area contributed by atoms with Crippen molar-refractivity contribution in [3.63, 3.8) is 0 Å². The molecule has 4 aliphatic rings. The zero-order chi connectivity index (χ0) is 42.7. The fourth-order valence-electron chi connectivity index (χ4n) is 6.95. The van der Waals surface area contributed by atoms with Crippen LogP contribution in [0.3, 0.4) is 0 Å². The summed E-state index contributed by atoms with van der Waals surface area (Å²) in [7, 11) is 0. The smallest absolute Gasteiger partial charge is 0.364 e. The maximum absolute atomic E-state index is 12.8. The minimum absolute atomic E-state index is 0.779. The highest BCUT2D eigenvalue weighted by Crippen LogP contribution is 2.37. The first-order chi connectivity index (χ1) is 26.7. The lowest BCUT2D eigenvalue weighted by molar-refractivity contribution is -0.380. The molecule has 0 bridgehead atoms. The Morgan fingerprint density at radius 2 is 1.25 bits per heavy atom. The highest BCUT2D eigenvalue weighted by atomic mass is 16.8.